The van der Waals surface area contributed by atoms with Crippen molar-refractivity contribution in [2.45, 2.75) is 46.1 Å². The lowest BCUT2D eigenvalue weighted by molar-refractivity contribution is -0.132. The van der Waals surface area contributed by atoms with Gasteiger partial charge in [-0.15, -0.1) is 0 Å². The lowest BCUT2D eigenvalue weighted by atomic mass is 9.79. The summed E-state index contributed by atoms with van der Waals surface area (Å²) in [5, 5.41) is 0. The number of nitrogens with zero attached hydrogens (tertiary/aromatic N) is 2. The van der Waals surface area contributed by atoms with Crippen molar-refractivity contribution in [3.63, 3.8) is 0 Å². The van der Waals surface area contributed by atoms with Gasteiger partial charge < -0.3 is 14.2 Å². The van der Waals surface area contributed by atoms with Crippen molar-refractivity contribution in [3.8, 4) is 17.2 Å². The summed E-state index contributed by atoms with van der Waals surface area (Å²) >= 11 is 1.30. The minimum atomic E-state index is -1.09. The molecule has 2 bridgehead atoms. The van der Waals surface area contributed by atoms with Crippen LogP contribution in [0.3, 0.4) is 0 Å². The average Bonchev–Trinajstić information content (AvgIpc) is 3.22. The summed E-state index contributed by atoms with van der Waals surface area (Å²) in [6.45, 7) is 7.78. The summed E-state index contributed by atoms with van der Waals surface area (Å²) in [6.07, 6.45) is 1.86. The van der Waals surface area contributed by atoms with Crippen LogP contribution in [0.1, 0.15) is 47.7 Å². The number of fused-ring (bicyclic) bond motifs is 6. The molecule has 40 heavy (non-hydrogen) atoms. The van der Waals surface area contributed by atoms with E-state index in [1.165, 1.54) is 18.3 Å². The number of para-hydroxylation sites is 1. The van der Waals surface area contributed by atoms with Crippen molar-refractivity contribution in [3.05, 3.63) is 108 Å². The first-order valence-electron chi connectivity index (χ1n) is 13.2. The Labute approximate surface area is 236 Å². The van der Waals surface area contributed by atoms with E-state index in [4.69, 9.17) is 19.2 Å². The number of benzene rings is 3. The Hall–Kier alpha value is -4.17. The number of hydrogen-bond donors (Lipinski definition) is 0. The monoisotopic (exact) mass is 554 g/mol. The number of rotatable bonds is 6. The van der Waals surface area contributed by atoms with Gasteiger partial charge in [-0.2, -0.15) is 0 Å². The van der Waals surface area contributed by atoms with Gasteiger partial charge in [0.15, 0.2) is 4.80 Å². The molecular formula is C32H30N2O5S. The summed E-state index contributed by atoms with van der Waals surface area (Å²) in [6, 6.07) is 18.8. The second-order valence-electron chi connectivity index (χ2n) is 10.5. The molecule has 0 spiro atoms. The van der Waals surface area contributed by atoms with Gasteiger partial charge in [-0.1, -0.05) is 47.7 Å². The highest BCUT2D eigenvalue weighted by atomic mass is 32.1. The van der Waals surface area contributed by atoms with Crippen molar-refractivity contribution in [1.82, 2.24) is 4.57 Å². The number of aromatic nitrogens is 1. The molecule has 0 amide bonds. The molecule has 2 aliphatic rings. The minimum Gasteiger partial charge on any atom is -0.496 e. The minimum absolute atomic E-state index is 0.0660. The Morgan fingerprint density at radius 3 is 2.70 bits per heavy atom. The van der Waals surface area contributed by atoms with Crippen LogP contribution in [-0.2, 0) is 11.4 Å². The van der Waals surface area contributed by atoms with E-state index in [2.05, 4.69) is 13.0 Å². The third kappa shape index (κ3) is 4.23. The normalized spacial score (nSPS) is 21.1. The van der Waals surface area contributed by atoms with Crippen molar-refractivity contribution >= 4 is 23.2 Å². The zero-order valence-corrected chi connectivity index (χ0v) is 23.9. The molecule has 8 heteroatoms. The molecule has 1 aromatic heterocycles. The SMILES string of the molecule is COc1ccc(/C=c2/sc3n(c2=O)[C@H]2c4ccccc4O[C@](C)(N=3)[C@H]2C(C)=O)cc1COc1cccc(C)c1C. The molecule has 0 fully saturated rings. The third-order valence-electron chi connectivity index (χ3n) is 7.86. The van der Waals surface area contributed by atoms with Crippen LogP contribution < -0.4 is 29.1 Å². The third-order valence-corrected chi connectivity index (χ3v) is 8.84. The van der Waals surface area contributed by atoms with Gasteiger partial charge in [0.2, 0.25) is 5.72 Å². The maximum atomic E-state index is 13.9. The predicted octanol–water partition coefficient (Wildman–Crippen LogP) is 4.48. The average molecular weight is 555 g/mol. The number of Topliss-reactive ketones (excluding diaryl/α,β-unsaturated/α-hetero) is 1. The van der Waals surface area contributed by atoms with Gasteiger partial charge >= 0.3 is 0 Å². The Bertz CT molecular complexity index is 1840. The van der Waals surface area contributed by atoms with Gasteiger partial charge in [0.1, 0.15) is 35.6 Å². The Balaban J connectivity index is 1.43. The van der Waals surface area contributed by atoms with E-state index in [0.29, 0.717) is 27.4 Å². The van der Waals surface area contributed by atoms with Gasteiger partial charge in [-0.25, -0.2) is 4.99 Å². The number of hydrogen-bond acceptors (Lipinski definition) is 7. The molecule has 7 nitrogen and oxygen atoms in total. The molecule has 0 unspecified atom stereocenters. The molecule has 6 rings (SSSR count). The smallest absolute Gasteiger partial charge is 0.270 e. The maximum Gasteiger partial charge on any atom is 0.270 e. The van der Waals surface area contributed by atoms with Crippen LogP contribution in [0.25, 0.3) is 6.08 Å². The molecule has 3 aromatic carbocycles. The summed E-state index contributed by atoms with van der Waals surface area (Å²) in [4.78, 5) is 32.1. The fourth-order valence-electron chi connectivity index (χ4n) is 5.74. The molecule has 2 aliphatic heterocycles. The van der Waals surface area contributed by atoms with Crippen molar-refractivity contribution < 1.29 is 19.0 Å². The van der Waals surface area contributed by atoms with Gasteiger partial charge in [-0.3, -0.25) is 14.2 Å². The first kappa shape index (κ1) is 26.1. The topological polar surface area (TPSA) is 79.1 Å². The molecule has 0 radical (unpaired) electrons. The maximum absolute atomic E-state index is 13.9. The van der Waals surface area contributed by atoms with Crippen LogP contribution in [0.4, 0.5) is 0 Å². The van der Waals surface area contributed by atoms with Crippen LogP contribution in [0.5, 0.6) is 17.2 Å². The molecule has 204 valence electrons. The van der Waals surface area contributed by atoms with Crippen LogP contribution in [0.15, 0.2) is 70.5 Å². The Morgan fingerprint density at radius 2 is 1.93 bits per heavy atom. The fourth-order valence-corrected chi connectivity index (χ4v) is 6.84. The van der Waals surface area contributed by atoms with E-state index in [0.717, 1.165) is 33.6 Å². The molecule has 3 heterocycles. The molecule has 3 atom stereocenters. The van der Waals surface area contributed by atoms with E-state index in [-0.39, 0.29) is 11.3 Å². The first-order chi connectivity index (χ1) is 19.2. The second-order valence-corrected chi connectivity index (χ2v) is 11.5. The standard InChI is InChI=1S/C32H30N2O5S/c1-18-9-8-12-24(19(18)2)38-17-22-15-21(13-14-25(22)37-5)16-27-30(36)34-29-23-10-6-7-11-26(23)39-32(4,28(29)20(3)35)33-31(34)40-27/h6-16,28-29H,17H2,1-5H3/b27-16+/t28-,29-,32-/m0/s1. The molecule has 0 aliphatic carbocycles. The van der Waals surface area contributed by atoms with E-state index >= 15 is 0 Å². The highest BCUT2D eigenvalue weighted by molar-refractivity contribution is 7.07. The lowest BCUT2D eigenvalue weighted by Gasteiger charge is -2.45. The largest absolute Gasteiger partial charge is 0.496 e. The van der Waals surface area contributed by atoms with Gasteiger partial charge in [0, 0.05) is 11.1 Å². The van der Waals surface area contributed by atoms with Crippen LogP contribution in [0.2, 0.25) is 0 Å². The summed E-state index contributed by atoms with van der Waals surface area (Å²) in [5.41, 5.74) is 3.52. The highest BCUT2D eigenvalue weighted by Gasteiger charge is 2.53. The van der Waals surface area contributed by atoms with E-state index in [1.807, 2.05) is 74.5 Å². The predicted molar refractivity (Wildman–Crippen MR) is 154 cm³/mol. The Morgan fingerprint density at radius 1 is 1.12 bits per heavy atom. The summed E-state index contributed by atoms with van der Waals surface area (Å²) < 4.78 is 20.2. The number of ether oxygens (including phenoxy) is 3. The van der Waals surface area contributed by atoms with Crippen LogP contribution in [-0.4, -0.2) is 23.2 Å². The number of methoxy groups -OCH3 is 1. The second kappa shape index (κ2) is 9.78. The number of thiazole rings is 1. The zero-order valence-electron chi connectivity index (χ0n) is 23.1. The van der Waals surface area contributed by atoms with E-state index in [1.54, 1.807) is 11.7 Å². The van der Waals surface area contributed by atoms with Crippen LogP contribution in [0, 0.1) is 19.8 Å². The van der Waals surface area contributed by atoms with Gasteiger partial charge in [-0.05, 0) is 74.7 Å². The van der Waals surface area contributed by atoms with E-state index < -0.39 is 17.7 Å². The van der Waals surface area contributed by atoms with Gasteiger partial charge in [0.25, 0.3) is 5.56 Å². The molecule has 0 N–H and O–H groups in total. The molecule has 0 saturated carbocycles. The quantitative estimate of drug-likeness (QED) is 0.351. The molecular weight excluding hydrogens is 524 g/mol. The molecule has 4 aromatic rings. The number of carbonyl (C=O) groups excluding carboxylic acids is 1. The van der Waals surface area contributed by atoms with Crippen molar-refractivity contribution in [1.29, 1.82) is 0 Å². The molecule has 0 saturated heterocycles. The van der Waals surface area contributed by atoms with Crippen molar-refractivity contribution in [2.24, 2.45) is 10.9 Å². The number of ketones is 1. The first-order valence-corrected chi connectivity index (χ1v) is 14.0. The fraction of sp³-hybridized carbons (Fsp3) is 0.281. The van der Waals surface area contributed by atoms with Gasteiger partial charge in [0.05, 0.1) is 17.7 Å². The zero-order chi connectivity index (χ0) is 28.2. The summed E-state index contributed by atoms with van der Waals surface area (Å²) in [5.74, 6) is 1.51. The summed E-state index contributed by atoms with van der Waals surface area (Å²) in [7, 11) is 1.63. The van der Waals surface area contributed by atoms with Crippen LogP contribution >= 0.6 is 11.3 Å². The number of carbonyl (C=O) groups is 1. The lowest BCUT2D eigenvalue weighted by Crippen LogP contribution is -2.58. The Kier molecular flexibility index (Phi) is 6.38. The van der Waals surface area contributed by atoms with E-state index in [9.17, 15) is 9.59 Å². The highest BCUT2D eigenvalue weighted by Crippen LogP contribution is 2.47. The van der Waals surface area contributed by atoms with Crippen molar-refractivity contribution in [2.75, 3.05) is 7.11 Å². The number of aryl methyl sites for hydroxylation is 1.